The maximum absolute atomic E-state index is 13.5. The van der Waals surface area contributed by atoms with Gasteiger partial charge in [0.25, 0.3) is 0 Å². The fraction of sp³-hybridized carbons (Fsp3) is 0.182. The Balaban J connectivity index is 2.20. The van der Waals surface area contributed by atoms with E-state index < -0.39 is 5.38 Å². The van der Waals surface area contributed by atoms with Crippen molar-refractivity contribution in [3.8, 4) is 0 Å². The van der Waals surface area contributed by atoms with E-state index in [1.807, 2.05) is 0 Å². The summed E-state index contributed by atoms with van der Waals surface area (Å²) in [7, 11) is 0. The van der Waals surface area contributed by atoms with Crippen LogP contribution in [0.1, 0.15) is 16.8 Å². The van der Waals surface area contributed by atoms with E-state index in [0.717, 1.165) is 5.82 Å². The molecule has 0 aliphatic carbocycles. The Morgan fingerprint density at radius 3 is 2.94 bits per heavy atom. The molecule has 0 saturated carbocycles. The minimum Gasteiger partial charge on any atom is -0.349 e. The van der Waals surface area contributed by atoms with Crippen LogP contribution in [0.4, 0.5) is 4.39 Å². The lowest BCUT2D eigenvalue weighted by molar-refractivity contribution is 0.604. The van der Waals surface area contributed by atoms with Crippen molar-refractivity contribution in [3.63, 3.8) is 0 Å². The second kappa shape index (κ2) is 4.85. The maximum Gasteiger partial charge on any atom is 0.128 e. The molecule has 5 heteroatoms. The van der Waals surface area contributed by atoms with Crippen molar-refractivity contribution >= 4 is 23.2 Å². The average molecular weight is 259 g/mol. The molecule has 1 heterocycles. The fourth-order valence-electron chi connectivity index (χ4n) is 1.44. The largest absolute Gasteiger partial charge is 0.349 e. The summed E-state index contributed by atoms with van der Waals surface area (Å²) in [4.78, 5) is 6.96. The molecule has 84 valence electrons. The van der Waals surface area contributed by atoms with Gasteiger partial charge in [-0.1, -0.05) is 11.6 Å². The molecule has 16 heavy (non-hydrogen) atoms. The van der Waals surface area contributed by atoms with Gasteiger partial charge in [0.2, 0.25) is 0 Å². The Kier molecular flexibility index (Phi) is 3.46. The Hall–Kier alpha value is -1.06. The van der Waals surface area contributed by atoms with Crippen LogP contribution in [0.2, 0.25) is 5.02 Å². The second-order valence-corrected chi connectivity index (χ2v) is 4.34. The van der Waals surface area contributed by atoms with E-state index in [1.165, 1.54) is 18.2 Å². The van der Waals surface area contributed by atoms with E-state index in [1.54, 1.807) is 12.4 Å². The van der Waals surface area contributed by atoms with Gasteiger partial charge in [0.05, 0.1) is 5.38 Å². The minimum atomic E-state index is -0.482. The molecule has 0 aliphatic heterocycles. The van der Waals surface area contributed by atoms with Crippen LogP contribution in [0.15, 0.2) is 30.6 Å². The number of benzene rings is 1. The quantitative estimate of drug-likeness (QED) is 0.836. The van der Waals surface area contributed by atoms with Crippen LogP contribution in [-0.4, -0.2) is 9.97 Å². The van der Waals surface area contributed by atoms with E-state index in [-0.39, 0.29) is 5.82 Å². The fourth-order valence-corrected chi connectivity index (χ4v) is 1.94. The topological polar surface area (TPSA) is 28.7 Å². The number of imidazole rings is 1. The van der Waals surface area contributed by atoms with Gasteiger partial charge < -0.3 is 4.98 Å². The number of H-pyrrole nitrogens is 1. The molecule has 0 aliphatic rings. The number of nitrogens with one attached hydrogen (secondary N) is 1. The molecule has 1 N–H and O–H groups in total. The minimum absolute atomic E-state index is 0.351. The Bertz CT molecular complexity index is 471. The van der Waals surface area contributed by atoms with Crippen molar-refractivity contribution in [2.45, 2.75) is 11.8 Å². The second-order valence-electron chi connectivity index (χ2n) is 3.37. The van der Waals surface area contributed by atoms with Crippen molar-refractivity contribution < 1.29 is 4.39 Å². The van der Waals surface area contributed by atoms with Crippen LogP contribution < -0.4 is 0 Å². The highest BCUT2D eigenvalue weighted by Crippen LogP contribution is 2.28. The molecular formula is C11H9Cl2FN2. The van der Waals surface area contributed by atoms with Crippen LogP contribution in [-0.2, 0) is 6.42 Å². The number of rotatable bonds is 3. The standard InChI is InChI=1S/C11H9Cl2FN2/c12-7-1-2-10(14)8(5-7)9(13)6-11-15-3-4-16-11/h1-5,9H,6H2,(H,15,16). The maximum atomic E-state index is 13.5. The van der Waals surface area contributed by atoms with E-state index in [0.29, 0.717) is 17.0 Å². The molecular weight excluding hydrogens is 250 g/mol. The summed E-state index contributed by atoms with van der Waals surface area (Å²) in [6.07, 6.45) is 3.77. The summed E-state index contributed by atoms with van der Waals surface area (Å²) in [5, 5.41) is -0.00801. The molecule has 1 aromatic carbocycles. The third-order valence-electron chi connectivity index (χ3n) is 2.22. The van der Waals surface area contributed by atoms with Crippen LogP contribution in [0.25, 0.3) is 0 Å². The SMILES string of the molecule is Fc1ccc(Cl)cc1C(Cl)Cc1ncc[nH]1. The average Bonchev–Trinajstić information content (AvgIpc) is 2.74. The Morgan fingerprint density at radius 1 is 1.44 bits per heavy atom. The number of alkyl halides is 1. The van der Waals surface area contributed by atoms with Gasteiger partial charge in [-0.2, -0.15) is 0 Å². The van der Waals surface area contributed by atoms with Gasteiger partial charge >= 0.3 is 0 Å². The summed E-state index contributed by atoms with van der Waals surface area (Å²) < 4.78 is 13.5. The molecule has 0 saturated heterocycles. The molecule has 2 nitrogen and oxygen atoms in total. The predicted molar refractivity (Wildman–Crippen MR) is 62.3 cm³/mol. The zero-order chi connectivity index (χ0) is 11.5. The zero-order valence-electron chi connectivity index (χ0n) is 8.25. The first-order valence-corrected chi connectivity index (χ1v) is 5.55. The molecule has 0 spiro atoms. The number of hydrogen-bond donors (Lipinski definition) is 1. The molecule has 0 amide bonds. The summed E-state index contributed by atoms with van der Waals surface area (Å²) in [5.41, 5.74) is 0.394. The molecule has 1 unspecified atom stereocenters. The summed E-state index contributed by atoms with van der Waals surface area (Å²) >= 11 is 11.9. The molecule has 2 aromatic rings. The third kappa shape index (κ3) is 2.54. The number of hydrogen-bond acceptors (Lipinski definition) is 1. The molecule has 1 aromatic heterocycles. The van der Waals surface area contributed by atoms with Crippen molar-refractivity contribution in [2.75, 3.05) is 0 Å². The summed E-state index contributed by atoms with van der Waals surface area (Å²) in [5.74, 6) is 0.371. The normalized spacial score (nSPS) is 12.7. The van der Waals surface area contributed by atoms with Crippen LogP contribution in [0.5, 0.6) is 0 Å². The van der Waals surface area contributed by atoms with Gasteiger partial charge in [-0.25, -0.2) is 9.37 Å². The van der Waals surface area contributed by atoms with Crippen molar-refractivity contribution in [3.05, 3.63) is 52.8 Å². The van der Waals surface area contributed by atoms with Crippen LogP contribution >= 0.6 is 23.2 Å². The van der Waals surface area contributed by atoms with Gasteiger partial charge in [0, 0.05) is 29.4 Å². The van der Waals surface area contributed by atoms with Crippen molar-refractivity contribution in [1.82, 2.24) is 9.97 Å². The van der Waals surface area contributed by atoms with Gasteiger partial charge in [-0.05, 0) is 18.2 Å². The Labute approximate surface area is 102 Å². The highest BCUT2D eigenvalue weighted by atomic mass is 35.5. The number of halogens is 3. The first-order chi connectivity index (χ1) is 7.66. The smallest absolute Gasteiger partial charge is 0.128 e. The van der Waals surface area contributed by atoms with Gasteiger partial charge in [0.15, 0.2) is 0 Å². The lowest BCUT2D eigenvalue weighted by Gasteiger charge is -2.09. The summed E-state index contributed by atoms with van der Waals surface area (Å²) in [6, 6.07) is 4.35. The van der Waals surface area contributed by atoms with Crippen LogP contribution in [0, 0.1) is 5.82 Å². The van der Waals surface area contributed by atoms with E-state index in [9.17, 15) is 4.39 Å². The molecule has 0 bridgehead atoms. The van der Waals surface area contributed by atoms with E-state index in [4.69, 9.17) is 23.2 Å². The lowest BCUT2D eigenvalue weighted by atomic mass is 10.1. The Morgan fingerprint density at radius 2 is 2.25 bits per heavy atom. The van der Waals surface area contributed by atoms with Gasteiger partial charge in [0.1, 0.15) is 11.6 Å². The molecule has 0 radical (unpaired) electrons. The molecule has 2 rings (SSSR count). The monoisotopic (exact) mass is 258 g/mol. The highest BCUT2D eigenvalue weighted by Gasteiger charge is 2.15. The first-order valence-electron chi connectivity index (χ1n) is 4.74. The lowest BCUT2D eigenvalue weighted by Crippen LogP contribution is -2.00. The highest BCUT2D eigenvalue weighted by molar-refractivity contribution is 6.30. The zero-order valence-corrected chi connectivity index (χ0v) is 9.76. The number of aromatic amines is 1. The molecule has 1 atom stereocenters. The first kappa shape index (κ1) is 11.4. The summed E-state index contributed by atoms with van der Waals surface area (Å²) in [6.45, 7) is 0. The van der Waals surface area contributed by atoms with E-state index in [2.05, 4.69) is 9.97 Å². The third-order valence-corrected chi connectivity index (χ3v) is 2.85. The van der Waals surface area contributed by atoms with Crippen LogP contribution in [0.3, 0.4) is 0 Å². The van der Waals surface area contributed by atoms with E-state index >= 15 is 0 Å². The van der Waals surface area contributed by atoms with Gasteiger partial charge in [-0.3, -0.25) is 0 Å². The van der Waals surface area contributed by atoms with Gasteiger partial charge in [-0.15, -0.1) is 11.6 Å². The van der Waals surface area contributed by atoms with Crippen molar-refractivity contribution in [1.29, 1.82) is 0 Å². The van der Waals surface area contributed by atoms with Crippen molar-refractivity contribution in [2.24, 2.45) is 0 Å². The predicted octanol–water partition coefficient (Wildman–Crippen LogP) is 3.72. The number of aromatic nitrogens is 2. The molecule has 0 fully saturated rings. The number of nitrogens with zero attached hydrogens (tertiary/aromatic N) is 1.